The van der Waals surface area contributed by atoms with Crippen molar-refractivity contribution < 1.29 is 9.13 Å². The molecule has 2 N–H and O–H groups in total. The Hall–Kier alpha value is -1.29. The summed E-state index contributed by atoms with van der Waals surface area (Å²) < 4.78 is 18.7. The normalized spacial score (nSPS) is 11.6. The molecule has 1 rings (SSSR count). The van der Waals surface area contributed by atoms with E-state index in [-0.39, 0.29) is 5.69 Å². The molecule has 0 saturated carbocycles. The SMILES string of the molecule is CC(C)N(CCOc1ccc(N)c(F)c1)C(C)C. The van der Waals surface area contributed by atoms with Crippen molar-refractivity contribution in [3.8, 4) is 5.75 Å². The van der Waals surface area contributed by atoms with Crippen LogP contribution in [0.1, 0.15) is 27.7 Å². The number of halogens is 1. The summed E-state index contributed by atoms with van der Waals surface area (Å²) in [5, 5.41) is 0. The van der Waals surface area contributed by atoms with Crippen LogP contribution in [0.3, 0.4) is 0 Å². The monoisotopic (exact) mass is 254 g/mol. The second-order valence-corrected chi connectivity index (χ2v) is 4.96. The average molecular weight is 254 g/mol. The Bertz CT molecular complexity index is 372. The van der Waals surface area contributed by atoms with E-state index in [2.05, 4.69) is 32.6 Å². The van der Waals surface area contributed by atoms with E-state index in [0.29, 0.717) is 24.4 Å². The largest absolute Gasteiger partial charge is 0.492 e. The second kappa shape index (κ2) is 6.59. The molecule has 1 aromatic carbocycles. The maximum Gasteiger partial charge on any atom is 0.149 e. The Morgan fingerprint density at radius 1 is 1.22 bits per heavy atom. The number of nitrogen functional groups attached to an aromatic ring is 1. The van der Waals surface area contributed by atoms with E-state index < -0.39 is 5.82 Å². The highest BCUT2D eigenvalue weighted by Crippen LogP contribution is 2.18. The first-order chi connectivity index (χ1) is 8.41. The lowest BCUT2D eigenvalue weighted by molar-refractivity contribution is 0.142. The van der Waals surface area contributed by atoms with Gasteiger partial charge in [-0.3, -0.25) is 4.90 Å². The molecule has 0 atom stereocenters. The molecule has 18 heavy (non-hydrogen) atoms. The van der Waals surface area contributed by atoms with Crippen LogP contribution in [-0.4, -0.2) is 30.1 Å². The molecule has 3 nitrogen and oxygen atoms in total. The lowest BCUT2D eigenvalue weighted by atomic mass is 10.2. The number of benzene rings is 1. The third-order valence-electron chi connectivity index (χ3n) is 2.92. The van der Waals surface area contributed by atoms with E-state index in [4.69, 9.17) is 10.5 Å². The first-order valence-electron chi connectivity index (χ1n) is 6.35. The quantitative estimate of drug-likeness (QED) is 0.793. The van der Waals surface area contributed by atoms with Crippen molar-refractivity contribution in [2.75, 3.05) is 18.9 Å². The fourth-order valence-corrected chi connectivity index (χ4v) is 1.98. The zero-order valence-corrected chi connectivity index (χ0v) is 11.6. The average Bonchev–Trinajstić information content (AvgIpc) is 2.28. The summed E-state index contributed by atoms with van der Waals surface area (Å²) in [5.74, 6) is 0.0891. The van der Waals surface area contributed by atoms with Crippen LogP contribution in [0.25, 0.3) is 0 Å². The van der Waals surface area contributed by atoms with Gasteiger partial charge in [0.1, 0.15) is 18.2 Å². The molecule has 1 aromatic rings. The molecule has 0 amide bonds. The molecule has 0 aliphatic heterocycles. The van der Waals surface area contributed by atoms with Crippen LogP contribution in [0, 0.1) is 5.82 Å². The van der Waals surface area contributed by atoms with Crippen molar-refractivity contribution in [1.82, 2.24) is 4.90 Å². The molecule has 0 radical (unpaired) electrons. The molecule has 0 saturated heterocycles. The van der Waals surface area contributed by atoms with Crippen molar-refractivity contribution in [3.05, 3.63) is 24.0 Å². The summed E-state index contributed by atoms with van der Waals surface area (Å²) >= 11 is 0. The molecule has 102 valence electrons. The third kappa shape index (κ3) is 4.18. The molecule has 0 unspecified atom stereocenters. The van der Waals surface area contributed by atoms with Gasteiger partial charge in [0.2, 0.25) is 0 Å². The predicted molar refractivity (Wildman–Crippen MR) is 73.3 cm³/mol. The Morgan fingerprint density at radius 2 is 1.83 bits per heavy atom. The summed E-state index contributed by atoms with van der Waals surface area (Å²) in [4.78, 5) is 2.33. The zero-order chi connectivity index (χ0) is 13.7. The van der Waals surface area contributed by atoms with E-state index >= 15 is 0 Å². The van der Waals surface area contributed by atoms with Gasteiger partial charge in [0, 0.05) is 24.7 Å². The Balaban J connectivity index is 2.47. The minimum atomic E-state index is -0.433. The highest BCUT2D eigenvalue weighted by molar-refractivity contribution is 5.43. The third-order valence-corrected chi connectivity index (χ3v) is 2.92. The van der Waals surface area contributed by atoms with Crippen molar-refractivity contribution in [1.29, 1.82) is 0 Å². The number of nitrogens with two attached hydrogens (primary N) is 1. The summed E-state index contributed by atoms with van der Waals surface area (Å²) in [6, 6.07) is 5.47. The Morgan fingerprint density at radius 3 is 2.33 bits per heavy atom. The number of ether oxygens (including phenoxy) is 1. The number of anilines is 1. The van der Waals surface area contributed by atoms with Crippen LogP contribution in [0.2, 0.25) is 0 Å². The summed E-state index contributed by atoms with van der Waals surface area (Å²) in [6.45, 7) is 9.98. The van der Waals surface area contributed by atoms with Crippen molar-refractivity contribution >= 4 is 5.69 Å². The molecule has 0 bridgehead atoms. The molecule has 0 aliphatic carbocycles. The van der Waals surface area contributed by atoms with Crippen LogP contribution in [0.15, 0.2) is 18.2 Å². The van der Waals surface area contributed by atoms with Gasteiger partial charge in [0.25, 0.3) is 0 Å². The van der Waals surface area contributed by atoms with E-state index in [1.54, 1.807) is 6.07 Å². The molecule has 0 aromatic heterocycles. The summed E-state index contributed by atoms with van der Waals surface area (Å²) in [5.41, 5.74) is 5.55. The van der Waals surface area contributed by atoms with Gasteiger partial charge in [-0.2, -0.15) is 0 Å². The van der Waals surface area contributed by atoms with Gasteiger partial charge in [-0.25, -0.2) is 4.39 Å². The first-order valence-corrected chi connectivity index (χ1v) is 6.35. The van der Waals surface area contributed by atoms with Gasteiger partial charge < -0.3 is 10.5 Å². The standard InChI is InChI=1S/C14H23FN2O/c1-10(2)17(11(3)4)7-8-18-12-5-6-14(16)13(15)9-12/h5-6,9-11H,7-8,16H2,1-4H3. The number of hydrogen-bond donors (Lipinski definition) is 1. The Labute approximate surface area is 109 Å². The maximum absolute atomic E-state index is 13.2. The zero-order valence-electron chi connectivity index (χ0n) is 11.6. The topological polar surface area (TPSA) is 38.5 Å². The van der Waals surface area contributed by atoms with E-state index in [9.17, 15) is 4.39 Å². The molecule has 0 heterocycles. The number of hydrogen-bond acceptors (Lipinski definition) is 3. The van der Waals surface area contributed by atoms with Gasteiger partial charge >= 0.3 is 0 Å². The fourth-order valence-electron chi connectivity index (χ4n) is 1.98. The van der Waals surface area contributed by atoms with Crippen LogP contribution in [-0.2, 0) is 0 Å². The van der Waals surface area contributed by atoms with Gasteiger partial charge in [-0.15, -0.1) is 0 Å². The van der Waals surface area contributed by atoms with Crippen molar-refractivity contribution in [3.63, 3.8) is 0 Å². The van der Waals surface area contributed by atoms with E-state index in [1.165, 1.54) is 12.1 Å². The molecule has 0 fully saturated rings. The molecule has 0 aliphatic rings. The smallest absolute Gasteiger partial charge is 0.149 e. The minimum absolute atomic E-state index is 0.147. The first kappa shape index (κ1) is 14.8. The van der Waals surface area contributed by atoms with Gasteiger partial charge in [-0.05, 0) is 39.8 Å². The van der Waals surface area contributed by atoms with E-state index in [1.807, 2.05) is 0 Å². The minimum Gasteiger partial charge on any atom is -0.492 e. The van der Waals surface area contributed by atoms with Crippen LogP contribution >= 0.6 is 0 Å². The molecular formula is C14H23FN2O. The Kier molecular flexibility index (Phi) is 5.41. The molecule has 4 heteroatoms. The number of nitrogens with zero attached hydrogens (tertiary/aromatic N) is 1. The van der Waals surface area contributed by atoms with Crippen LogP contribution in [0.5, 0.6) is 5.75 Å². The second-order valence-electron chi connectivity index (χ2n) is 4.96. The lowest BCUT2D eigenvalue weighted by Gasteiger charge is -2.30. The summed E-state index contributed by atoms with van der Waals surface area (Å²) in [6.07, 6.45) is 0. The van der Waals surface area contributed by atoms with Crippen molar-refractivity contribution in [2.45, 2.75) is 39.8 Å². The van der Waals surface area contributed by atoms with E-state index in [0.717, 1.165) is 6.54 Å². The van der Waals surface area contributed by atoms with Crippen LogP contribution in [0.4, 0.5) is 10.1 Å². The van der Waals surface area contributed by atoms with Gasteiger partial charge in [-0.1, -0.05) is 0 Å². The molecular weight excluding hydrogens is 231 g/mol. The van der Waals surface area contributed by atoms with Gasteiger partial charge in [0.15, 0.2) is 0 Å². The summed E-state index contributed by atoms with van der Waals surface area (Å²) in [7, 11) is 0. The fraction of sp³-hybridized carbons (Fsp3) is 0.571. The van der Waals surface area contributed by atoms with Gasteiger partial charge in [0.05, 0.1) is 5.69 Å². The highest BCUT2D eigenvalue weighted by Gasteiger charge is 2.12. The lowest BCUT2D eigenvalue weighted by Crippen LogP contribution is -2.39. The highest BCUT2D eigenvalue weighted by atomic mass is 19.1. The maximum atomic E-state index is 13.2. The predicted octanol–water partition coefficient (Wildman–Crippen LogP) is 2.91. The number of rotatable bonds is 6. The van der Waals surface area contributed by atoms with Crippen molar-refractivity contribution in [2.24, 2.45) is 0 Å². The van der Waals surface area contributed by atoms with Crippen LogP contribution < -0.4 is 10.5 Å². The molecule has 0 spiro atoms.